The van der Waals surface area contributed by atoms with Gasteiger partial charge >= 0.3 is 11.8 Å². The summed E-state index contributed by atoms with van der Waals surface area (Å²) in [6, 6.07) is 0. The molecule has 0 aromatic heterocycles. The van der Waals surface area contributed by atoms with E-state index < -0.39 is 31.4 Å². The van der Waals surface area contributed by atoms with Crippen molar-refractivity contribution in [2.75, 3.05) is 0 Å². The van der Waals surface area contributed by atoms with Crippen LogP contribution in [0.4, 0.5) is 30.7 Å². The van der Waals surface area contributed by atoms with Crippen LogP contribution in [0.2, 0.25) is 0 Å². The van der Waals surface area contributed by atoms with Crippen LogP contribution in [0, 0.1) is 6.67 Å². The van der Waals surface area contributed by atoms with Gasteiger partial charge in [0.05, 0.1) is 6.42 Å². The van der Waals surface area contributed by atoms with Crippen LogP contribution in [0.25, 0.3) is 0 Å². The summed E-state index contributed by atoms with van der Waals surface area (Å²) in [6.45, 7) is -1.59. The first-order valence-corrected chi connectivity index (χ1v) is 2.71. The molecule has 0 saturated carbocycles. The molecule has 1 radical (unpaired) electrons. The molecular weight excluding hydrogens is 193 g/mol. The normalized spacial score (nSPS) is 14.0. The minimum Gasteiger partial charge on any atom is -0.237 e. The van der Waals surface area contributed by atoms with Gasteiger partial charge in [0, 0.05) is 0 Å². The third-order valence-corrected chi connectivity index (χ3v) is 1.04. The van der Waals surface area contributed by atoms with Gasteiger partial charge in [-0.15, -0.1) is 0 Å². The van der Waals surface area contributed by atoms with Gasteiger partial charge in [0.15, 0.2) is 0 Å². The van der Waals surface area contributed by atoms with Gasteiger partial charge in [-0.1, -0.05) is 0 Å². The summed E-state index contributed by atoms with van der Waals surface area (Å²) in [6.07, 6.45) is -5.97. The van der Waals surface area contributed by atoms with Gasteiger partial charge in [-0.25, -0.2) is 13.2 Å². The zero-order valence-electron chi connectivity index (χ0n) is 5.51. The first-order chi connectivity index (χ1) is 5.23. The Morgan fingerprint density at radius 1 is 1.08 bits per heavy atom. The van der Waals surface area contributed by atoms with Crippen molar-refractivity contribution in [2.45, 2.75) is 24.7 Å². The van der Waals surface area contributed by atoms with Gasteiger partial charge < -0.3 is 0 Å². The SMILES string of the molecule is F[CH]C(F)(F)C(F)(F)CC(F)F. The summed E-state index contributed by atoms with van der Waals surface area (Å²) >= 11 is 0. The number of hydrogen-bond donors (Lipinski definition) is 0. The minimum atomic E-state index is -5.14. The standard InChI is InChI=1S/C5H4F7/c6-2-5(11,12)4(9,10)1-3(7)8/h2-3H,1H2. The Morgan fingerprint density at radius 3 is 1.75 bits per heavy atom. The second-order valence-electron chi connectivity index (χ2n) is 2.03. The second-order valence-corrected chi connectivity index (χ2v) is 2.03. The summed E-state index contributed by atoms with van der Waals surface area (Å²) in [5.74, 6) is -10.2. The monoisotopic (exact) mass is 197 g/mol. The molecule has 0 aliphatic heterocycles. The molecule has 12 heavy (non-hydrogen) atoms. The van der Waals surface area contributed by atoms with Crippen LogP contribution in [0.3, 0.4) is 0 Å². The highest BCUT2D eigenvalue weighted by Gasteiger charge is 2.58. The van der Waals surface area contributed by atoms with Gasteiger partial charge in [-0.05, 0) is 0 Å². The van der Waals surface area contributed by atoms with Crippen LogP contribution in [0.1, 0.15) is 6.42 Å². The van der Waals surface area contributed by atoms with Gasteiger partial charge in [0.25, 0.3) is 0 Å². The van der Waals surface area contributed by atoms with Crippen LogP contribution >= 0.6 is 0 Å². The molecule has 0 atom stereocenters. The molecule has 0 fully saturated rings. The maximum Gasteiger partial charge on any atom is 0.343 e. The van der Waals surface area contributed by atoms with E-state index in [0.29, 0.717) is 0 Å². The predicted octanol–water partition coefficient (Wildman–Crippen LogP) is 3.04. The Kier molecular flexibility index (Phi) is 3.34. The van der Waals surface area contributed by atoms with E-state index >= 15 is 0 Å². The summed E-state index contributed by atoms with van der Waals surface area (Å²) < 4.78 is 81.1. The highest BCUT2D eigenvalue weighted by atomic mass is 19.3. The smallest absolute Gasteiger partial charge is 0.237 e. The lowest BCUT2D eigenvalue weighted by Gasteiger charge is -2.22. The van der Waals surface area contributed by atoms with E-state index in [-0.39, 0.29) is 0 Å². The van der Waals surface area contributed by atoms with E-state index in [1.54, 1.807) is 0 Å². The van der Waals surface area contributed by atoms with E-state index in [9.17, 15) is 30.7 Å². The van der Waals surface area contributed by atoms with E-state index in [0.717, 1.165) is 0 Å². The average molecular weight is 197 g/mol. The van der Waals surface area contributed by atoms with Crippen LogP contribution < -0.4 is 0 Å². The van der Waals surface area contributed by atoms with Crippen molar-refractivity contribution in [2.24, 2.45) is 0 Å². The zero-order valence-corrected chi connectivity index (χ0v) is 5.51. The Balaban J connectivity index is 4.37. The van der Waals surface area contributed by atoms with E-state index in [2.05, 4.69) is 0 Å². The zero-order chi connectivity index (χ0) is 9.99. The van der Waals surface area contributed by atoms with Crippen molar-refractivity contribution < 1.29 is 30.7 Å². The van der Waals surface area contributed by atoms with Crippen molar-refractivity contribution in [1.82, 2.24) is 0 Å². The summed E-state index contributed by atoms with van der Waals surface area (Å²) in [5.41, 5.74) is 0. The highest BCUT2D eigenvalue weighted by molar-refractivity contribution is 4.90. The molecule has 0 bridgehead atoms. The molecule has 0 amide bonds. The third kappa shape index (κ3) is 2.53. The van der Waals surface area contributed by atoms with Crippen molar-refractivity contribution in [3.05, 3.63) is 6.67 Å². The maximum atomic E-state index is 12.0. The fourth-order valence-corrected chi connectivity index (χ4v) is 0.410. The predicted molar refractivity (Wildman–Crippen MR) is 25.9 cm³/mol. The lowest BCUT2D eigenvalue weighted by molar-refractivity contribution is -0.214. The largest absolute Gasteiger partial charge is 0.343 e. The van der Waals surface area contributed by atoms with E-state index in [1.165, 1.54) is 0 Å². The Bertz CT molecular complexity index is 141. The molecule has 0 unspecified atom stereocenters. The number of halogens is 7. The molecule has 0 spiro atoms. The minimum absolute atomic E-state index is 1.59. The molecule has 0 aliphatic carbocycles. The fraction of sp³-hybridized carbons (Fsp3) is 0.800. The van der Waals surface area contributed by atoms with Crippen LogP contribution in [0.5, 0.6) is 0 Å². The van der Waals surface area contributed by atoms with Crippen molar-refractivity contribution >= 4 is 0 Å². The molecule has 0 heterocycles. The Labute approximate surface area is 63.4 Å². The van der Waals surface area contributed by atoms with Gasteiger partial charge in [-0.2, -0.15) is 17.6 Å². The molecule has 0 aliphatic rings. The molecule has 73 valence electrons. The Hall–Kier alpha value is -0.490. The van der Waals surface area contributed by atoms with Crippen LogP contribution in [-0.2, 0) is 0 Å². The second kappa shape index (κ2) is 3.49. The molecule has 0 N–H and O–H groups in total. The van der Waals surface area contributed by atoms with Crippen molar-refractivity contribution in [3.63, 3.8) is 0 Å². The number of alkyl halides is 6. The Morgan fingerprint density at radius 2 is 1.50 bits per heavy atom. The first kappa shape index (κ1) is 11.5. The fourth-order valence-electron chi connectivity index (χ4n) is 0.410. The van der Waals surface area contributed by atoms with Gasteiger partial charge in [0.1, 0.15) is 0 Å². The lowest BCUT2D eigenvalue weighted by Crippen LogP contribution is -2.41. The molecule has 0 aromatic rings. The quantitative estimate of drug-likeness (QED) is 0.607. The molecule has 0 aromatic carbocycles. The van der Waals surface area contributed by atoms with Crippen LogP contribution in [-0.4, -0.2) is 18.3 Å². The van der Waals surface area contributed by atoms with Gasteiger partial charge in [-0.3, -0.25) is 0 Å². The van der Waals surface area contributed by atoms with Crippen LogP contribution in [0.15, 0.2) is 0 Å². The van der Waals surface area contributed by atoms with Crippen molar-refractivity contribution in [1.29, 1.82) is 0 Å². The first-order valence-electron chi connectivity index (χ1n) is 2.71. The molecule has 0 nitrogen and oxygen atoms in total. The number of hydrogen-bond acceptors (Lipinski definition) is 0. The molecule has 0 rings (SSSR count). The van der Waals surface area contributed by atoms with E-state index in [1.807, 2.05) is 0 Å². The summed E-state index contributed by atoms with van der Waals surface area (Å²) in [4.78, 5) is 0. The third-order valence-electron chi connectivity index (χ3n) is 1.04. The molecule has 7 heteroatoms. The van der Waals surface area contributed by atoms with E-state index in [4.69, 9.17) is 0 Å². The summed E-state index contributed by atoms with van der Waals surface area (Å²) in [7, 11) is 0. The maximum absolute atomic E-state index is 12.0. The molecule has 0 saturated heterocycles. The van der Waals surface area contributed by atoms with Gasteiger partial charge in [0.2, 0.25) is 13.1 Å². The highest BCUT2D eigenvalue weighted by Crippen LogP contribution is 2.40. The number of rotatable bonds is 4. The average Bonchev–Trinajstić information content (AvgIpc) is 1.84. The summed E-state index contributed by atoms with van der Waals surface area (Å²) in [5, 5.41) is 0. The topological polar surface area (TPSA) is 0 Å². The van der Waals surface area contributed by atoms with Crippen molar-refractivity contribution in [3.8, 4) is 0 Å². The molecular formula is C5H4F7. The lowest BCUT2D eigenvalue weighted by atomic mass is 10.1.